The summed E-state index contributed by atoms with van der Waals surface area (Å²) in [6.07, 6.45) is 2.41. The second-order valence-electron chi connectivity index (χ2n) is 4.80. The van der Waals surface area contributed by atoms with Gasteiger partial charge in [-0.05, 0) is 19.4 Å². The summed E-state index contributed by atoms with van der Waals surface area (Å²) >= 11 is 0. The van der Waals surface area contributed by atoms with Crippen molar-refractivity contribution in [3.05, 3.63) is 11.3 Å². The molecule has 5 nitrogen and oxygen atoms in total. The maximum absolute atomic E-state index is 11.4. The number of ether oxygens (including phenoxy) is 2. The molecule has 2 aliphatic rings. The first-order chi connectivity index (χ1) is 9.82. The lowest BCUT2D eigenvalue weighted by Crippen LogP contribution is -2.50. The third-order valence-electron chi connectivity index (χ3n) is 3.45. The topological polar surface area (TPSA) is 55.8 Å². The lowest BCUT2D eigenvalue weighted by atomic mass is 10.0. The number of piperidine rings is 1. The summed E-state index contributed by atoms with van der Waals surface area (Å²) in [6.45, 7) is 13.4. The molecule has 0 radical (unpaired) electrons. The minimum atomic E-state index is -3.10. The van der Waals surface area contributed by atoms with Crippen molar-refractivity contribution in [1.29, 1.82) is 0 Å². The van der Waals surface area contributed by atoms with E-state index in [1.165, 1.54) is 10.6 Å². The molecule has 1 fully saturated rings. The van der Waals surface area contributed by atoms with Crippen LogP contribution in [0.4, 0.5) is 0 Å². The van der Waals surface area contributed by atoms with E-state index in [0.29, 0.717) is 32.5 Å². The van der Waals surface area contributed by atoms with Gasteiger partial charge < -0.3 is 9.47 Å². The molecular weight excluding hydrogens is 290 g/mol. The van der Waals surface area contributed by atoms with E-state index < -0.39 is 15.8 Å². The fourth-order valence-corrected chi connectivity index (χ4v) is 2.99. The molecular formula is C15H31NO4S. The molecule has 2 heterocycles. The summed E-state index contributed by atoms with van der Waals surface area (Å²) in [4.78, 5) is 0. The molecule has 0 aromatic rings. The largest absolute Gasteiger partial charge is 0.467 e. The van der Waals surface area contributed by atoms with Gasteiger partial charge in [-0.25, -0.2) is 12.7 Å². The Bertz CT molecular complexity index is 435. The number of allylic oxidation sites excluding steroid dienone is 1. The van der Waals surface area contributed by atoms with Crippen molar-refractivity contribution in [3.63, 3.8) is 0 Å². The first-order valence-corrected chi connectivity index (χ1v) is 9.62. The van der Waals surface area contributed by atoms with Gasteiger partial charge in [-0.3, -0.25) is 0 Å². The molecule has 0 N–H and O–H groups in total. The molecule has 6 heteroatoms. The summed E-state index contributed by atoms with van der Waals surface area (Å²) < 4.78 is 35.9. The van der Waals surface area contributed by atoms with Crippen molar-refractivity contribution >= 4 is 10.0 Å². The van der Waals surface area contributed by atoms with Crippen LogP contribution in [0.5, 0.6) is 0 Å². The molecule has 2 rings (SSSR count). The van der Waals surface area contributed by atoms with E-state index in [1.807, 2.05) is 41.5 Å². The van der Waals surface area contributed by atoms with Gasteiger partial charge in [0, 0.05) is 25.9 Å². The summed E-state index contributed by atoms with van der Waals surface area (Å²) in [7, 11) is -3.10. The van der Waals surface area contributed by atoms with Crippen molar-refractivity contribution in [2.45, 2.75) is 60.2 Å². The predicted molar refractivity (Wildman–Crippen MR) is 86.5 cm³/mol. The number of nitrogens with zero attached hydrogens (tertiary/aromatic N) is 1. The fraction of sp³-hybridized carbons (Fsp3) is 0.867. The standard InChI is InChI=1S/C11H19NO4S.2C2H6/c1-9-8-15-11(16-10(9)2)4-6-12(7-5-11)17(3,13)14;2*1-2/h4-8H2,1-3H3;2*1-2H3. The average molecular weight is 321 g/mol. The molecule has 1 saturated heterocycles. The van der Waals surface area contributed by atoms with Crippen LogP contribution in [-0.4, -0.2) is 44.5 Å². The second kappa shape index (κ2) is 8.76. The van der Waals surface area contributed by atoms with Crippen LogP contribution in [0.3, 0.4) is 0 Å². The van der Waals surface area contributed by atoms with E-state index in [9.17, 15) is 8.42 Å². The van der Waals surface area contributed by atoms with E-state index in [1.54, 1.807) is 0 Å². The van der Waals surface area contributed by atoms with E-state index in [2.05, 4.69) is 0 Å². The number of hydrogen-bond donors (Lipinski definition) is 0. The number of rotatable bonds is 1. The quantitative estimate of drug-likeness (QED) is 0.744. The highest BCUT2D eigenvalue weighted by atomic mass is 32.2. The molecule has 1 spiro atoms. The highest BCUT2D eigenvalue weighted by Crippen LogP contribution is 2.35. The second-order valence-corrected chi connectivity index (χ2v) is 6.78. The van der Waals surface area contributed by atoms with Crippen LogP contribution in [0.1, 0.15) is 54.4 Å². The molecule has 0 bridgehead atoms. The smallest absolute Gasteiger partial charge is 0.212 e. The fourth-order valence-electron chi connectivity index (χ4n) is 2.14. The van der Waals surface area contributed by atoms with Crippen LogP contribution in [0, 0.1) is 0 Å². The molecule has 0 aromatic carbocycles. The van der Waals surface area contributed by atoms with Gasteiger partial charge in [0.1, 0.15) is 0 Å². The first kappa shape index (κ1) is 20.4. The Hall–Kier alpha value is -0.590. The molecule has 2 aliphatic heterocycles. The monoisotopic (exact) mass is 321 g/mol. The highest BCUT2D eigenvalue weighted by Gasteiger charge is 2.41. The van der Waals surface area contributed by atoms with Crippen molar-refractivity contribution in [1.82, 2.24) is 4.31 Å². The van der Waals surface area contributed by atoms with Gasteiger partial charge in [-0.2, -0.15) is 0 Å². The summed E-state index contributed by atoms with van der Waals surface area (Å²) in [5.74, 6) is 0.300. The Balaban J connectivity index is 0.000000921. The predicted octanol–water partition coefficient (Wildman–Crippen LogP) is 3.13. The molecule has 0 saturated carbocycles. The van der Waals surface area contributed by atoms with Gasteiger partial charge in [0.25, 0.3) is 0 Å². The van der Waals surface area contributed by atoms with Gasteiger partial charge in [0.15, 0.2) is 0 Å². The Morgan fingerprint density at radius 2 is 1.52 bits per heavy atom. The van der Waals surface area contributed by atoms with Crippen molar-refractivity contribution in [3.8, 4) is 0 Å². The summed E-state index contributed by atoms with van der Waals surface area (Å²) in [5, 5.41) is 0. The highest BCUT2D eigenvalue weighted by molar-refractivity contribution is 7.88. The van der Waals surface area contributed by atoms with Crippen LogP contribution < -0.4 is 0 Å². The molecule has 0 unspecified atom stereocenters. The molecule has 0 aliphatic carbocycles. The Labute approximate surface area is 130 Å². The van der Waals surface area contributed by atoms with E-state index in [4.69, 9.17) is 9.47 Å². The van der Waals surface area contributed by atoms with Crippen molar-refractivity contribution in [2.24, 2.45) is 0 Å². The zero-order valence-electron chi connectivity index (χ0n) is 14.5. The average Bonchev–Trinajstić information content (AvgIpc) is 2.47. The van der Waals surface area contributed by atoms with Gasteiger partial charge in [-0.15, -0.1) is 0 Å². The first-order valence-electron chi connectivity index (χ1n) is 7.77. The lowest BCUT2D eigenvalue weighted by Gasteiger charge is -2.43. The van der Waals surface area contributed by atoms with Gasteiger partial charge in [0.05, 0.1) is 18.6 Å². The maximum Gasteiger partial charge on any atom is 0.212 e. The third kappa shape index (κ3) is 5.60. The Kier molecular flexibility index (Phi) is 8.51. The number of hydrogen-bond acceptors (Lipinski definition) is 4. The third-order valence-corrected chi connectivity index (χ3v) is 4.75. The number of sulfonamides is 1. The van der Waals surface area contributed by atoms with Crippen LogP contribution in [-0.2, 0) is 19.5 Å². The minimum Gasteiger partial charge on any atom is -0.467 e. The van der Waals surface area contributed by atoms with Crippen LogP contribution in [0.15, 0.2) is 11.3 Å². The summed E-state index contributed by atoms with van der Waals surface area (Å²) in [5.41, 5.74) is 1.10. The van der Waals surface area contributed by atoms with Crippen LogP contribution in [0.2, 0.25) is 0 Å². The zero-order valence-corrected chi connectivity index (χ0v) is 15.3. The van der Waals surface area contributed by atoms with Gasteiger partial charge >= 0.3 is 0 Å². The van der Waals surface area contributed by atoms with Crippen LogP contribution in [0.25, 0.3) is 0 Å². The van der Waals surface area contributed by atoms with E-state index in [-0.39, 0.29) is 0 Å². The molecule has 0 atom stereocenters. The van der Waals surface area contributed by atoms with Gasteiger partial charge in [0.2, 0.25) is 15.8 Å². The molecule has 126 valence electrons. The summed E-state index contributed by atoms with van der Waals surface area (Å²) in [6, 6.07) is 0. The SMILES string of the molecule is CC.CC.CC1=C(C)OC2(CCN(S(C)(=O)=O)CC2)OC1. The maximum atomic E-state index is 11.4. The normalized spacial score (nSPS) is 21.7. The van der Waals surface area contributed by atoms with E-state index >= 15 is 0 Å². The van der Waals surface area contributed by atoms with Crippen LogP contribution >= 0.6 is 0 Å². The lowest BCUT2D eigenvalue weighted by molar-refractivity contribution is -0.241. The Morgan fingerprint density at radius 1 is 1.05 bits per heavy atom. The van der Waals surface area contributed by atoms with Crippen molar-refractivity contribution < 1.29 is 17.9 Å². The minimum absolute atomic E-state index is 0.463. The molecule has 0 aromatic heterocycles. The molecule has 21 heavy (non-hydrogen) atoms. The Morgan fingerprint density at radius 3 is 1.90 bits per heavy atom. The van der Waals surface area contributed by atoms with E-state index in [0.717, 1.165) is 11.3 Å². The molecule has 0 amide bonds. The zero-order chi connectivity index (χ0) is 16.7. The van der Waals surface area contributed by atoms with Gasteiger partial charge in [-0.1, -0.05) is 27.7 Å². The van der Waals surface area contributed by atoms with Crippen molar-refractivity contribution in [2.75, 3.05) is 26.0 Å².